The minimum absolute atomic E-state index is 0.531. The molecule has 0 aromatic heterocycles. The van der Waals surface area contributed by atoms with Crippen molar-refractivity contribution in [3.05, 3.63) is 0 Å². The molecule has 0 amide bonds. The van der Waals surface area contributed by atoms with Crippen LogP contribution in [0.4, 0.5) is 0 Å². The lowest BCUT2D eigenvalue weighted by Gasteiger charge is -2.68. The minimum Gasteiger partial charge on any atom is -0.158 e. The summed E-state index contributed by atoms with van der Waals surface area (Å²) < 4.78 is 0. The zero-order valence-electron chi connectivity index (χ0n) is 16.9. The highest BCUT2D eigenvalue weighted by molar-refractivity contribution is 7.99. The molecule has 0 aromatic carbocycles. The Morgan fingerprint density at radius 2 is 1.54 bits per heavy atom. The van der Waals surface area contributed by atoms with Crippen molar-refractivity contribution in [1.82, 2.24) is 0 Å². The van der Waals surface area contributed by atoms with Gasteiger partial charge >= 0.3 is 0 Å². The van der Waals surface area contributed by atoms with Crippen molar-refractivity contribution in [2.24, 2.45) is 39.9 Å². The van der Waals surface area contributed by atoms with Crippen molar-refractivity contribution in [3.8, 4) is 0 Å². The van der Waals surface area contributed by atoms with E-state index in [0.717, 1.165) is 28.9 Å². The highest BCUT2D eigenvalue weighted by Crippen LogP contribution is 2.71. The molecule has 138 valence electrons. The smallest absolute Gasteiger partial charge is 0.0134 e. The Morgan fingerprint density at radius 1 is 0.792 bits per heavy atom. The first-order chi connectivity index (χ1) is 11.3. The van der Waals surface area contributed by atoms with Gasteiger partial charge < -0.3 is 0 Å². The first-order valence-electron chi connectivity index (χ1n) is 11.0. The second-order valence-electron chi connectivity index (χ2n) is 10.9. The lowest BCUT2D eigenvalue weighted by atomic mass is 9.40. The third-order valence-electron chi connectivity index (χ3n) is 9.53. The molecule has 0 bridgehead atoms. The fourth-order valence-electron chi connectivity index (χ4n) is 8.47. The highest BCUT2D eigenvalue weighted by Gasteiger charge is 2.65. The maximum Gasteiger partial charge on any atom is 0.0134 e. The fourth-order valence-corrected chi connectivity index (χ4v) is 10.1. The van der Waals surface area contributed by atoms with Crippen LogP contribution < -0.4 is 0 Å². The monoisotopic (exact) mass is 348 g/mol. The van der Waals surface area contributed by atoms with Gasteiger partial charge in [0.1, 0.15) is 0 Å². The molecular formula is C23H40S. The van der Waals surface area contributed by atoms with Crippen LogP contribution in [0.1, 0.15) is 92.4 Å². The molecule has 0 N–H and O–H groups in total. The van der Waals surface area contributed by atoms with Crippen molar-refractivity contribution >= 4 is 11.8 Å². The van der Waals surface area contributed by atoms with Crippen LogP contribution in [0, 0.1) is 39.9 Å². The molecule has 0 saturated heterocycles. The molecule has 1 heteroatoms. The molecule has 0 heterocycles. The quantitative estimate of drug-likeness (QED) is 0.509. The molecule has 0 nitrogen and oxygen atoms in total. The number of hydrogen-bond acceptors (Lipinski definition) is 1. The molecule has 4 saturated carbocycles. The Hall–Kier alpha value is 0.350. The van der Waals surface area contributed by atoms with Gasteiger partial charge in [-0.1, -0.05) is 53.9 Å². The molecule has 4 aliphatic carbocycles. The van der Waals surface area contributed by atoms with E-state index < -0.39 is 0 Å². The topological polar surface area (TPSA) is 0 Å². The molecule has 7 atom stereocenters. The predicted molar refractivity (Wildman–Crippen MR) is 107 cm³/mol. The van der Waals surface area contributed by atoms with Gasteiger partial charge in [-0.05, 0) is 84.2 Å². The van der Waals surface area contributed by atoms with E-state index in [4.69, 9.17) is 0 Å². The molecule has 24 heavy (non-hydrogen) atoms. The first kappa shape index (κ1) is 17.7. The zero-order chi connectivity index (χ0) is 17.2. The van der Waals surface area contributed by atoms with Gasteiger partial charge in [0.05, 0.1) is 0 Å². The molecule has 0 aliphatic heterocycles. The van der Waals surface area contributed by atoms with E-state index in [1.807, 2.05) is 0 Å². The van der Waals surface area contributed by atoms with Gasteiger partial charge in [-0.3, -0.25) is 0 Å². The predicted octanol–water partition coefficient (Wildman–Crippen LogP) is 7.18. The molecule has 4 rings (SSSR count). The zero-order valence-corrected chi connectivity index (χ0v) is 17.7. The standard InChI is InChI=1S/C23H40S/c1-6-24-20-18-10-7-8-14-23(18,5)17-12-15-22(4)13-9-11-16(22)19(17)21(20,2)3/h16-20H,6-15H2,1-5H3/t16-,17+,18?,19-,20?,22-,23+/m0/s1. The molecular weight excluding hydrogens is 308 g/mol. The number of hydrogen-bond donors (Lipinski definition) is 0. The SMILES string of the molecule is CCSC1C2CCCC[C@]2(C)[C@@H]2CC[C@]3(C)CCC[C@H]3[C@@H]2C1(C)C. The largest absolute Gasteiger partial charge is 0.158 e. The van der Waals surface area contributed by atoms with Crippen LogP contribution in [0.15, 0.2) is 0 Å². The van der Waals surface area contributed by atoms with Crippen molar-refractivity contribution in [2.75, 3.05) is 5.75 Å². The summed E-state index contributed by atoms with van der Waals surface area (Å²) in [5.74, 6) is 5.31. The lowest BCUT2D eigenvalue weighted by Crippen LogP contribution is -2.63. The van der Waals surface area contributed by atoms with E-state index in [2.05, 4.69) is 46.4 Å². The first-order valence-corrected chi connectivity index (χ1v) is 12.0. The van der Waals surface area contributed by atoms with Crippen LogP contribution in [0.2, 0.25) is 0 Å². The van der Waals surface area contributed by atoms with Crippen LogP contribution >= 0.6 is 11.8 Å². The molecule has 2 unspecified atom stereocenters. The van der Waals surface area contributed by atoms with Crippen LogP contribution in [-0.2, 0) is 0 Å². The fraction of sp³-hybridized carbons (Fsp3) is 1.00. The van der Waals surface area contributed by atoms with Crippen LogP contribution in [0.25, 0.3) is 0 Å². The van der Waals surface area contributed by atoms with E-state index in [0.29, 0.717) is 16.2 Å². The minimum atomic E-state index is 0.531. The van der Waals surface area contributed by atoms with Crippen LogP contribution in [0.3, 0.4) is 0 Å². The third kappa shape index (κ3) is 2.31. The average molecular weight is 349 g/mol. The molecule has 0 aromatic rings. The van der Waals surface area contributed by atoms with Gasteiger partial charge in [0.15, 0.2) is 0 Å². The number of rotatable bonds is 2. The van der Waals surface area contributed by atoms with E-state index in [1.54, 1.807) is 0 Å². The average Bonchev–Trinajstić information content (AvgIpc) is 2.93. The van der Waals surface area contributed by atoms with Crippen molar-refractivity contribution in [3.63, 3.8) is 0 Å². The summed E-state index contributed by atoms with van der Waals surface area (Å²) in [7, 11) is 0. The van der Waals surface area contributed by atoms with E-state index in [-0.39, 0.29) is 0 Å². The molecule has 4 fully saturated rings. The molecule has 0 spiro atoms. The van der Waals surface area contributed by atoms with Crippen molar-refractivity contribution < 1.29 is 0 Å². The maximum atomic E-state index is 2.74. The van der Waals surface area contributed by atoms with Gasteiger partial charge in [-0.15, -0.1) is 0 Å². The summed E-state index contributed by atoms with van der Waals surface area (Å²) in [4.78, 5) is 0. The number of fused-ring (bicyclic) bond motifs is 5. The van der Waals surface area contributed by atoms with Crippen molar-refractivity contribution in [2.45, 2.75) is 97.7 Å². The Kier molecular flexibility index (Phi) is 4.39. The summed E-state index contributed by atoms with van der Waals surface area (Å²) in [6.07, 6.45) is 13.7. The van der Waals surface area contributed by atoms with Gasteiger partial charge in [-0.2, -0.15) is 11.8 Å². The second-order valence-corrected chi connectivity index (χ2v) is 12.3. The summed E-state index contributed by atoms with van der Waals surface area (Å²) in [6, 6.07) is 0. The Bertz CT molecular complexity index is 482. The summed E-state index contributed by atoms with van der Waals surface area (Å²) >= 11 is 2.33. The van der Waals surface area contributed by atoms with E-state index in [9.17, 15) is 0 Å². The summed E-state index contributed by atoms with van der Waals surface area (Å²) in [5, 5.41) is 0.900. The molecule has 0 radical (unpaired) electrons. The van der Waals surface area contributed by atoms with Crippen LogP contribution in [-0.4, -0.2) is 11.0 Å². The molecule has 4 aliphatic rings. The summed E-state index contributed by atoms with van der Waals surface area (Å²) in [5.41, 5.74) is 1.86. The Morgan fingerprint density at radius 3 is 2.29 bits per heavy atom. The maximum absolute atomic E-state index is 2.74. The Labute approximate surface area is 155 Å². The Balaban J connectivity index is 1.78. The van der Waals surface area contributed by atoms with Crippen LogP contribution in [0.5, 0.6) is 0 Å². The second kappa shape index (κ2) is 5.93. The highest BCUT2D eigenvalue weighted by atomic mass is 32.2. The van der Waals surface area contributed by atoms with Gasteiger partial charge in [-0.25, -0.2) is 0 Å². The number of thioether (sulfide) groups is 1. The lowest BCUT2D eigenvalue weighted by molar-refractivity contribution is -0.155. The van der Waals surface area contributed by atoms with E-state index in [1.165, 1.54) is 63.5 Å². The third-order valence-corrected chi connectivity index (χ3v) is 11.2. The van der Waals surface area contributed by atoms with E-state index >= 15 is 0 Å². The normalized spacial score (nSPS) is 53.1. The summed E-state index contributed by atoms with van der Waals surface area (Å²) in [6.45, 7) is 13.2. The van der Waals surface area contributed by atoms with Gasteiger partial charge in [0.2, 0.25) is 0 Å². The van der Waals surface area contributed by atoms with Crippen molar-refractivity contribution in [1.29, 1.82) is 0 Å². The van der Waals surface area contributed by atoms with Gasteiger partial charge in [0, 0.05) is 5.25 Å². The van der Waals surface area contributed by atoms with Gasteiger partial charge in [0.25, 0.3) is 0 Å².